The molecule has 1 saturated carbocycles. The van der Waals surface area contributed by atoms with E-state index in [-0.39, 0.29) is 11.9 Å². The lowest BCUT2D eigenvalue weighted by Gasteiger charge is -2.09. The van der Waals surface area contributed by atoms with Gasteiger partial charge < -0.3 is 10.1 Å². The Kier molecular flexibility index (Phi) is 6.76. The van der Waals surface area contributed by atoms with Gasteiger partial charge in [0, 0.05) is 10.1 Å². The number of rotatable bonds is 7. The van der Waals surface area contributed by atoms with E-state index in [1.54, 1.807) is 18.7 Å². The van der Waals surface area contributed by atoms with Gasteiger partial charge in [0.2, 0.25) is 5.91 Å². The quantitative estimate of drug-likeness (QED) is 0.759. The van der Waals surface area contributed by atoms with Crippen molar-refractivity contribution in [2.45, 2.75) is 51.2 Å². The van der Waals surface area contributed by atoms with Crippen LogP contribution in [0.4, 0.5) is 5.00 Å². The number of aryl methyl sites for hydroxylation is 1. The first-order valence-electron chi connectivity index (χ1n) is 7.85. The SMILES string of the molecule is CCOC(=O)c1cc(CC)sc1NC(=O)CSC1CCCC1. The maximum absolute atomic E-state index is 12.1. The fourth-order valence-corrected chi connectivity index (χ4v) is 4.61. The number of carbonyl (C=O) groups is 2. The van der Waals surface area contributed by atoms with Gasteiger partial charge in [-0.15, -0.1) is 23.1 Å². The first-order chi connectivity index (χ1) is 10.6. The molecule has 0 saturated heterocycles. The van der Waals surface area contributed by atoms with Crippen LogP contribution in [0.15, 0.2) is 6.07 Å². The monoisotopic (exact) mass is 341 g/mol. The van der Waals surface area contributed by atoms with E-state index >= 15 is 0 Å². The number of anilines is 1. The van der Waals surface area contributed by atoms with Crippen LogP contribution in [0.3, 0.4) is 0 Å². The van der Waals surface area contributed by atoms with Crippen LogP contribution in [0, 0.1) is 0 Å². The van der Waals surface area contributed by atoms with Gasteiger partial charge in [0.25, 0.3) is 0 Å². The normalized spacial score (nSPS) is 15.0. The molecule has 122 valence electrons. The topological polar surface area (TPSA) is 55.4 Å². The molecule has 1 heterocycles. The Balaban J connectivity index is 1.96. The van der Waals surface area contributed by atoms with Gasteiger partial charge in [0.15, 0.2) is 0 Å². The van der Waals surface area contributed by atoms with E-state index in [9.17, 15) is 9.59 Å². The number of hydrogen-bond acceptors (Lipinski definition) is 5. The Morgan fingerprint density at radius 3 is 2.73 bits per heavy atom. The standard InChI is InChI=1S/C16H23NO3S2/c1-3-11-9-13(16(19)20-4-2)15(22-11)17-14(18)10-21-12-7-5-6-8-12/h9,12H,3-8,10H2,1-2H3,(H,17,18). The van der Waals surface area contributed by atoms with Crippen molar-refractivity contribution in [1.29, 1.82) is 0 Å². The van der Waals surface area contributed by atoms with Crippen LogP contribution in [0.2, 0.25) is 0 Å². The summed E-state index contributed by atoms with van der Waals surface area (Å²) in [5.74, 6) is 0.0517. The third kappa shape index (κ3) is 4.74. The highest BCUT2D eigenvalue weighted by Crippen LogP contribution is 2.31. The van der Waals surface area contributed by atoms with Crippen molar-refractivity contribution in [3.8, 4) is 0 Å². The zero-order valence-corrected chi connectivity index (χ0v) is 14.8. The van der Waals surface area contributed by atoms with Crippen LogP contribution in [0.5, 0.6) is 0 Å². The van der Waals surface area contributed by atoms with Crippen LogP contribution in [0.25, 0.3) is 0 Å². The molecule has 1 aromatic heterocycles. The molecule has 1 aliphatic carbocycles. The Morgan fingerprint density at radius 2 is 2.09 bits per heavy atom. The van der Waals surface area contributed by atoms with Crippen LogP contribution in [-0.4, -0.2) is 29.5 Å². The summed E-state index contributed by atoms with van der Waals surface area (Å²) in [5.41, 5.74) is 0.475. The van der Waals surface area contributed by atoms with Crippen LogP contribution >= 0.6 is 23.1 Å². The first-order valence-corrected chi connectivity index (χ1v) is 9.71. The minimum atomic E-state index is -0.364. The number of thiophene rings is 1. The molecular formula is C16H23NO3S2. The van der Waals surface area contributed by atoms with Gasteiger partial charge in [-0.25, -0.2) is 4.79 Å². The summed E-state index contributed by atoms with van der Waals surface area (Å²) in [6, 6.07) is 1.82. The molecule has 0 bridgehead atoms. The van der Waals surface area contributed by atoms with Crippen LogP contribution in [-0.2, 0) is 16.0 Å². The molecule has 0 unspecified atom stereocenters. The zero-order chi connectivity index (χ0) is 15.9. The number of amides is 1. The summed E-state index contributed by atoms with van der Waals surface area (Å²) in [5, 5.41) is 4.12. The predicted molar refractivity (Wildman–Crippen MR) is 93.0 cm³/mol. The maximum atomic E-state index is 12.1. The van der Waals surface area contributed by atoms with Crippen LogP contribution in [0.1, 0.15) is 54.8 Å². The van der Waals surface area contributed by atoms with E-state index in [4.69, 9.17) is 4.74 Å². The highest BCUT2D eigenvalue weighted by atomic mass is 32.2. The summed E-state index contributed by atoms with van der Waals surface area (Å²) in [7, 11) is 0. The largest absolute Gasteiger partial charge is 0.462 e. The minimum Gasteiger partial charge on any atom is -0.462 e. The van der Waals surface area contributed by atoms with E-state index in [2.05, 4.69) is 5.32 Å². The van der Waals surface area contributed by atoms with Gasteiger partial charge in [0.1, 0.15) is 5.00 Å². The Morgan fingerprint density at radius 1 is 1.36 bits per heavy atom. The third-order valence-corrected chi connectivity index (χ3v) is 6.20. The molecule has 0 aromatic carbocycles. The van der Waals surface area contributed by atoms with E-state index in [1.807, 2.05) is 13.0 Å². The summed E-state index contributed by atoms with van der Waals surface area (Å²) in [4.78, 5) is 25.2. The fraction of sp³-hybridized carbons (Fsp3) is 0.625. The average Bonchev–Trinajstić information content (AvgIpc) is 3.14. The van der Waals surface area contributed by atoms with Gasteiger partial charge in [0.05, 0.1) is 17.9 Å². The highest BCUT2D eigenvalue weighted by Gasteiger charge is 2.20. The lowest BCUT2D eigenvalue weighted by molar-refractivity contribution is -0.113. The van der Waals surface area contributed by atoms with Crippen LogP contribution < -0.4 is 5.32 Å². The average molecular weight is 341 g/mol. The van der Waals surface area contributed by atoms with Gasteiger partial charge in [-0.3, -0.25) is 4.79 Å². The second kappa shape index (κ2) is 8.58. The number of nitrogens with one attached hydrogen (secondary N) is 1. The lowest BCUT2D eigenvalue weighted by atomic mass is 10.2. The van der Waals surface area contributed by atoms with E-state index < -0.39 is 0 Å². The number of carbonyl (C=O) groups excluding carboxylic acids is 2. The highest BCUT2D eigenvalue weighted by molar-refractivity contribution is 8.00. The Labute approximate surface area is 140 Å². The van der Waals surface area contributed by atoms with Gasteiger partial charge in [-0.2, -0.15) is 0 Å². The third-order valence-electron chi connectivity index (χ3n) is 3.63. The molecule has 4 nitrogen and oxygen atoms in total. The molecular weight excluding hydrogens is 318 g/mol. The molecule has 1 aromatic rings. The second-order valence-corrected chi connectivity index (χ2v) is 7.72. The van der Waals surface area contributed by atoms with Crippen molar-refractivity contribution in [1.82, 2.24) is 0 Å². The molecule has 1 aliphatic rings. The number of thioether (sulfide) groups is 1. The molecule has 1 amide bonds. The van der Waals surface area contributed by atoms with E-state index in [0.717, 1.165) is 11.3 Å². The summed E-state index contributed by atoms with van der Waals surface area (Å²) >= 11 is 3.18. The number of hydrogen-bond donors (Lipinski definition) is 1. The smallest absolute Gasteiger partial charge is 0.341 e. The number of esters is 1. The molecule has 0 spiro atoms. The van der Waals surface area contributed by atoms with Crippen molar-refractivity contribution in [3.63, 3.8) is 0 Å². The predicted octanol–water partition coefficient (Wildman–Crippen LogP) is 4.10. The van der Waals surface area contributed by atoms with Crippen molar-refractivity contribution in [2.75, 3.05) is 17.7 Å². The summed E-state index contributed by atoms with van der Waals surface area (Å²) in [6.45, 7) is 4.14. The van der Waals surface area contributed by atoms with E-state index in [1.165, 1.54) is 37.0 Å². The fourth-order valence-electron chi connectivity index (χ4n) is 2.48. The Hall–Kier alpha value is -1.01. The zero-order valence-electron chi connectivity index (χ0n) is 13.1. The molecule has 0 atom stereocenters. The maximum Gasteiger partial charge on any atom is 0.341 e. The lowest BCUT2D eigenvalue weighted by Crippen LogP contribution is -2.17. The molecule has 0 aliphatic heterocycles. The van der Waals surface area contributed by atoms with Gasteiger partial charge >= 0.3 is 5.97 Å². The molecule has 1 N–H and O–H groups in total. The van der Waals surface area contributed by atoms with Gasteiger partial charge in [-0.05, 0) is 32.3 Å². The second-order valence-electron chi connectivity index (χ2n) is 5.30. The van der Waals surface area contributed by atoms with Crippen molar-refractivity contribution in [2.24, 2.45) is 0 Å². The molecule has 22 heavy (non-hydrogen) atoms. The van der Waals surface area contributed by atoms with Crippen molar-refractivity contribution in [3.05, 3.63) is 16.5 Å². The molecule has 1 fully saturated rings. The minimum absolute atomic E-state index is 0.0352. The van der Waals surface area contributed by atoms with Crippen molar-refractivity contribution < 1.29 is 14.3 Å². The van der Waals surface area contributed by atoms with Crippen molar-refractivity contribution >= 4 is 40.0 Å². The molecule has 0 radical (unpaired) electrons. The molecule has 2 rings (SSSR count). The molecule has 6 heteroatoms. The van der Waals surface area contributed by atoms with Gasteiger partial charge in [-0.1, -0.05) is 19.8 Å². The summed E-state index contributed by atoms with van der Waals surface area (Å²) < 4.78 is 5.06. The first kappa shape index (κ1) is 17.3. The number of ether oxygens (including phenoxy) is 1. The Bertz CT molecular complexity index is 521. The summed E-state index contributed by atoms with van der Waals surface area (Å²) in [6.07, 6.45) is 5.81. The van der Waals surface area contributed by atoms with E-state index in [0.29, 0.717) is 28.2 Å².